The fourth-order valence-electron chi connectivity index (χ4n) is 1.35. The summed E-state index contributed by atoms with van der Waals surface area (Å²) in [5.41, 5.74) is 0.269. The monoisotopic (exact) mass is 343 g/mol. The second kappa shape index (κ2) is 6.68. The van der Waals surface area contributed by atoms with Crippen LogP contribution in [0.15, 0.2) is 32.0 Å². The van der Waals surface area contributed by atoms with Crippen molar-refractivity contribution in [2.24, 2.45) is 4.40 Å². The zero-order valence-electron chi connectivity index (χ0n) is 10.7. The Bertz CT molecular complexity index is 616. The predicted octanol–water partition coefficient (Wildman–Crippen LogP) is 2.38. The van der Waals surface area contributed by atoms with E-state index >= 15 is 0 Å². The van der Waals surface area contributed by atoms with Crippen molar-refractivity contribution in [2.45, 2.75) is 18.7 Å². The molecule has 0 aliphatic rings. The molecule has 19 heavy (non-hydrogen) atoms. The van der Waals surface area contributed by atoms with Crippen molar-refractivity contribution in [1.82, 2.24) is 4.90 Å². The van der Waals surface area contributed by atoms with E-state index in [1.54, 1.807) is 11.0 Å². The SMILES string of the molecule is CCN(C=NS(=O)(=O)c1cc(Br)cc(C#N)c1)CC. The maximum absolute atomic E-state index is 12.0. The molecule has 0 spiro atoms. The fourth-order valence-corrected chi connectivity index (χ4v) is 2.93. The topological polar surface area (TPSA) is 73.5 Å². The van der Waals surface area contributed by atoms with Gasteiger partial charge >= 0.3 is 0 Å². The Kier molecular flexibility index (Phi) is 5.51. The van der Waals surface area contributed by atoms with Gasteiger partial charge in [-0.25, -0.2) is 0 Å². The Morgan fingerprint density at radius 3 is 2.53 bits per heavy atom. The Morgan fingerprint density at radius 1 is 1.37 bits per heavy atom. The molecule has 0 aliphatic heterocycles. The molecule has 0 radical (unpaired) electrons. The second-order valence-corrected chi connectivity index (χ2v) is 6.25. The highest BCUT2D eigenvalue weighted by atomic mass is 79.9. The highest BCUT2D eigenvalue weighted by molar-refractivity contribution is 9.10. The number of hydrogen-bond donors (Lipinski definition) is 0. The summed E-state index contributed by atoms with van der Waals surface area (Å²) in [5, 5.41) is 8.83. The summed E-state index contributed by atoms with van der Waals surface area (Å²) in [6.07, 6.45) is 1.31. The number of rotatable bonds is 5. The maximum atomic E-state index is 12.0. The van der Waals surface area contributed by atoms with Crippen LogP contribution >= 0.6 is 15.9 Å². The summed E-state index contributed by atoms with van der Waals surface area (Å²) in [7, 11) is -3.78. The van der Waals surface area contributed by atoms with Crippen molar-refractivity contribution in [3.05, 3.63) is 28.2 Å². The van der Waals surface area contributed by atoms with Gasteiger partial charge in [0.15, 0.2) is 0 Å². The summed E-state index contributed by atoms with van der Waals surface area (Å²) in [6, 6.07) is 6.19. The van der Waals surface area contributed by atoms with E-state index in [2.05, 4.69) is 20.3 Å². The van der Waals surface area contributed by atoms with Gasteiger partial charge in [-0.1, -0.05) is 15.9 Å². The van der Waals surface area contributed by atoms with E-state index in [9.17, 15) is 8.42 Å². The Labute approximate surface area is 121 Å². The Hall–Kier alpha value is -1.39. The summed E-state index contributed by atoms with van der Waals surface area (Å²) in [6.45, 7) is 5.18. The lowest BCUT2D eigenvalue weighted by Gasteiger charge is -2.13. The first-order valence-corrected chi connectivity index (χ1v) is 7.91. The quantitative estimate of drug-likeness (QED) is 0.607. The van der Waals surface area contributed by atoms with Crippen molar-refractivity contribution in [3.8, 4) is 6.07 Å². The molecule has 5 nitrogen and oxygen atoms in total. The van der Waals surface area contributed by atoms with E-state index in [1.807, 2.05) is 19.9 Å². The fraction of sp³-hybridized carbons (Fsp3) is 0.333. The van der Waals surface area contributed by atoms with Crippen LogP contribution in [0.4, 0.5) is 0 Å². The van der Waals surface area contributed by atoms with E-state index in [0.717, 1.165) is 0 Å². The average Bonchev–Trinajstić information content (AvgIpc) is 2.39. The number of nitriles is 1. The summed E-state index contributed by atoms with van der Waals surface area (Å²) < 4.78 is 28.2. The first-order chi connectivity index (χ1) is 8.92. The molecule has 0 aromatic heterocycles. The molecule has 0 unspecified atom stereocenters. The van der Waals surface area contributed by atoms with Crippen molar-refractivity contribution in [2.75, 3.05) is 13.1 Å². The summed E-state index contributed by atoms with van der Waals surface area (Å²) in [5.74, 6) is 0. The van der Waals surface area contributed by atoms with Crippen LogP contribution in [0.1, 0.15) is 19.4 Å². The zero-order chi connectivity index (χ0) is 14.5. The lowest BCUT2D eigenvalue weighted by molar-refractivity contribution is 0.480. The Morgan fingerprint density at radius 2 is 2.00 bits per heavy atom. The van der Waals surface area contributed by atoms with Crippen LogP contribution in [0.25, 0.3) is 0 Å². The largest absolute Gasteiger partial charge is 0.362 e. The third-order valence-corrected chi connectivity index (χ3v) is 4.12. The van der Waals surface area contributed by atoms with Crippen molar-refractivity contribution in [1.29, 1.82) is 5.26 Å². The first-order valence-electron chi connectivity index (χ1n) is 5.68. The molecule has 0 saturated carbocycles. The first kappa shape index (κ1) is 15.7. The predicted molar refractivity (Wildman–Crippen MR) is 77.5 cm³/mol. The van der Waals surface area contributed by atoms with Gasteiger partial charge in [0.1, 0.15) is 6.34 Å². The third kappa shape index (κ3) is 4.33. The van der Waals surface area contributed by atoms with E-state index in [-0.39, 0.29) is 10.5 Å². The second-order valence-electron chi connectivity index (χ2n) is 3.70. The van der Waals surface area contributed by atoms with Gasteiger partial charge in [-0.3, -0.25) is 0 Å². The van der Waals surface area contributed by atoms with Crippen LogP contribution in [0.2, 0.25) is 0 Å². The van der Waals surface area contributed by atoms with Crippen molar-refractivity contribution < 1.29 is 8.42 Å². The minimum Gasteiger partial charge on any atom is -0.362 e. The van der Waals surface area contributed by atoms with Crippen LogP contribution in [0.3, 0.4) is 0 Å². The third-order valence-electron chi connectivity index (χ3n) is 2.46. The van der Waals surface area contributed by atoms with Gasteiger partial charge in [-0.05, 0) is 32.0 Å². The molecular formula is C12H14BrN3O2S. The standard InChI is InChI=1S/C12H14BrN3O2S/c1-3-16(4-2)9-15-19(17,18)12-6-10(8-14)5-11(13)7-12/h5-7,9H,3-4H2,1-2H3. The highest BCUT2D eigenvalue weighted by Crippen LogP contribution is 2.20. The van der Waals surface area contributed by atoms with Gasteiger partial charge in [0.05, 0.1) is 16.5 Å². The molecule has 102 valence electrons. The van der Waals surface area contributed by atoms with Crippen LogP contribution < -0.4 is 0 Å². The molecule has 0 aliphatic carbocycles. The van der Waals surface area contributed by atoms with Crippen molar-refractivity contribution in [3.63, 3.8) is 0 Å². The number of benzene rings is 1. The van der Waals surface area contributed by atoms with E-state index in [0.29, 0.717) is 17.6 Å². The van der Waals surface area contributed by atoms with Crippen LogP contribution in [-0.2, 0) is 10.0 Å². The van der Waals surface area contributed by atoms with E-state index in [1.165, 1.54) is 18.5 Å². The van der Waals surface area contributed by atoms with Gasteiger partial charge in [-0.15, -0.1) is 4.40 Å². The molecule has 0 fully saturated rings. The number of nitrogens with zero attached hydrogens (tertiary/aromatic N) is 3. The van der Waals surface area contributed by atoms with Gasteiger partial charge in [0.2, 0.25) is 0 Å². The molecule has 1 rings (SSSR count). The van der Waals surface area contributed by atoms with Gasteiger partial charge < -0.3 is 4.90 Å². The molecule has 1 aromatic rings. The van der Waals surface area contributed by atoms with Crippen LogP contribution in [-0.4, -0.2) is 32.7 Å². The number of hydrogen-bond acceptors (Lipinski definition) is 3. The smallest absolute Gasteiger partial charge is 0.283 e. The minimum absolute atomic E-state index is 0.00170. The molecule has 0 heterocycles. The molecule has 0 bridgehead atoms. The van der Waals surface area contributed by atoms with Crippen molar-refractivity contribution >= 4 is 32.3 Å². The minimum atomic E-state index is -3.78. The molecular weight excluding hydrogens is 330 g/mol. The van der Waals surface area contributed by atoms with Gasteiger partial charge in [-0.2, -0.15) is 13.7 Å². The molecule has 0 saturated heterocycles. The normalized spacial score (nSPS) is 11.5. The average molecular weight is 344 g/mol. The number of sulfonamides is 1. The van der Waals surface area contributed by atoms with Crippen LogP contribution in [0.5, 0.6) is 0 Å². The van der Waals surface area contributed by atoms with Crippen LogP contribution in [0, 0.1) is 11.3 Å². The van der Waals surface area contributed by atoms with Gasteiger partial charge in [0.25, 0.3) is 10.0 Å². The molecule has 0 atom stereocenters. The Balaban J connectivity index is 3.14. The molecule has 7 heteroatoms. The van der Waals surface area contributed by atoms with Gasteiger partial charge in [0, 0.05) is 17.6 Å². The lowest BCUT2D eigenvalue weighted by atomic mass is 10.2. The number of halogens is 1. The lowest BCUT2D eigenvalue weighted by Crippen LogP contribution is -2.21. The molecule has 0 amide bonds. The molecule has 0 N–H and O–H groups in total. The zero-order valence-corrected chi connectivity index (χ0v) is 13.1. The summed E-state index contributed by atoms with van der Waals surface area (Å²) >= 11 is 3.18. The highest BCUT2D eigenvalue weighted by Gasteiger charge is 2.14. The van der Waals surface area contributed by atoms with E-state index < -0.39 is 10.0 Å². The van der Waals surface area contributed by atoms with E-state index in [4.69, 9.17) is 5.26 Å². The molecule has 1 aromatic carbocycles. The maximum Gasteiger partial charge on any atom is 0.283 e. The summed E-state index contributed by atoms with van der Waals surface area (Å²) in [4.78, 5) is 1.77.